The van der Waals surface area contributed by atoms with Gasteiger partial charge >= 0.3 is 0 Å². The van der Waals surface area contributed by atoms with E-state index in [2.05, 4.69) is 39.3 Å². The molecule has 0 aliphatic heterocycles. The van der Waals surface area contributed by atoms with Crippen molar-refractivity contribution in [2.45, 2.75) is 26.9 Å². The Balaban J connectivity index is 1.95. The van der Waals surface area contributed by atoms with Gasteiger partial charge in [-0.15, -0.1) is 21.5 Å². The van der Waals surface area contributed by atoms with Crippen LogP contribution in [0.5, 0.6) is 0 Å². The Kier molecular flexibility index (Phi) is 3.81. The monoisotopic (exact) mass is 248 g/mol. The summed E-state index contributed by atoms with van der Waals surface area (Å²) in [4.78, 5) is 6.43. The molecule has 2 rings (SSSR count). The first kappa shape index (κ1) is 12.1. The molecule has 0 radical (unpaired) electrons. The number of pyridine rings is 1. The molecule has 17 heavy (non-hydrogen) atoms. The molecule has 0 fully saturated rings. The average Bonchev–Trinajstić information content (AvgIpc) is 2.63. The van der Waals surface area contributed by atoms with Gasteiger partial charge in [-0.1, -0.05) is 0 Å². The van der Waals surface area contributed by atoms with E-state index in [0.29, 0.717) is 0 Å². The van der Waals surface area contributed by atoms with Crippen LogP contribution in [0.25, 0.3) is 0 Å². The molecular formula is C12H16N4S. The van der Waals surface area contributed by atoms with Gasteiger partial charge in [0.15, 0.2) is 0 Å². The second-order valence-electron chi connectivity index (χ2n) is 4.19. The zero-order valence-corrected chi connectivity index (χ0v) is 11.2. The predicted molar refractivity (Wildman–Crippen MR) is 68.8 cm³/mol. The van der Waals surface area contributed by atoms with Crippen LogP contribution < -0.4 is 0 Å². The first-order valence-corrected chi connectivity index (χ1v) is 6.34. The lowest BCUT2D eigenvalue weighted by Gasteiger charge is -2.14. The Morgan fingerprint density at radius 1 is 1.24 bits per heavy atom. The maximum Gasteiger partial charge on any atom is 0.131 e. The fourth-order valence-electron chi connectivity index (χ4n) is 1.70. The van der Waals surface area contributed by atoms with Crippen molar-refractivity contribution in [1.29, 1.82) is 0 Å². The van der Waals surface area contributed by atoms with E-state index in [1.807, 2.05) is 20.0 Å². The van der Waals surface area contributed by atoms with Gasteiger partial charge in [0.2, 0.25) is 0 Å². The van der Waals surface area contributed by atoms with Gasteiger partial charge in [0.25, 0.3) is 0 Å². The van der Waals surface area contributed by atoms with Gasteiger partial charge in [-0.3, -0.25) is 9.88 Å². The van der Waals surface area contributed by atoms with Crippen molar-refractivity contribution in [1.82, 2.24) is 20.1 Å². The molecule has 0 unspecified atom stereocenters. The fraction of sp³-hybridized carbons (Fsp3) is 0.417. The van der Waals surface area contributed by atoms with Crippen LogP contribution >= 0.6 is 11.3 Å². The van der Waals surface area contributed by atoms with E-state index in [1.54, 1.807) is 11.3 Å². The van der Waals surface area contributed by atoms with E-state index < -0.39 is 0 Å². The first-order valence-electron chi connectivity index (χ1n) is 5.52. The zero-order valence-electron chi connectivity index (χ0n) is 10.3. The van der Waals surface area contributed by atoms with Crippen molar-refractivity contribution in [2.75, 3.05) is 7.05 Å². The molecule has 0 atom stereocenters. The van der Waals surface area contributed by atoms with E-state index >= 15 is 0 Å². The Labute approximate surface area is 105 Å². The highest BCUT2D eigenvalue weighted by molar-refractivity contribution is 7.11. The molecule has 0 amide bonds. The number of aromatic nitrogens is 3. The van der Waals surface area contributed by atoms with Crippen LogP contribution in [0.1, 0.15) is 21.3 Å². The Morgan fingerprint density at radius 2 is 2.06 bits per heavy atom. The maximum atomic E-state index is 4.20. The quantitative estimate of drug-likeness (QED) is 0.831. The third-order valence-electron chi connectivity index (χ3n) is 2.39. The Bertz CT molecular complexity index is 495. The summed E-state index contributed by atoms with van der Waals surface area (Å²) in [5.41, 5.74) is 2.34. The van der Waals surface area contributed by atoms with E-state index in [9.17, 15) is 0 Å². The topological polar surface area (TPSA) is 41.9 Å². The SMILES string of the molecule is Cc1cc(CN(C)Cc2nnc(C)s2)ccn1. The highest BCUT2D eigenvalue weighted by atomic mass is 32.1. The summed E-state index contributed by atoms with van der Waals surface area (Å²) in [6.07, 6.45) is 1.85. The third-order valence-corrected chi connectivity index (χ3v) is 3.21. The Hall–Kier alpha value is -1.33. The molecular weight excluding hydrogens is 232 g/mol. The molecule has 0 saturated heterocycles. The molecule has 0 saturated carbocycles. The summed E-state index contributed by atoms with van der Waals surface area (Å²) in [7, 11) is 2.09. The van der Waals surface area contributed by atoms with E-state index in [0.717, 1.165) is 28.8 Å². The second-order valence-corrected chi connectivity index (χ2v) is 5.46. The first-order chi connectivity index (χ1) is 8.13. The van der Waals surface area contributed by atoms with Crippen molar-refractivity contribution in [3.8, 4) is 0 Å². The highest BCUT2D eigenvalue weighted by Gasteiger charge is 2.06. The molecule has 90 valence electrons. The molecule has 2 aromatic rings. The van der Waals surface area contributed by atoms with Crippen LogP contribution in [0, 0.1) is 13.8 Å². The van der Waals surface area contributed by atoms with Crippen LogP contribution in [-0.4, -0.2) is 27.1 Å². The smallest absolute Gasteiger partial charge is 0.131 e. The highest BCUT2D eigenvalue weighted by Crippen LogP contribution is 2.12. The molecule has 0 N–H and O–H groups in total. The second kappa shape index (κ2) is 5.33. The molecule has 0 aromatic carbocycles. The lowest BCUT2D eigenvalue weighted by atomic mass is 10.2. The molecule has 0 bridgehead atoms. The number of aryl methyl sites for hydroxylation is 2. The van der Waals surface area contributed by atoms with Crippen molar-refractivity contribution in [3.63, 3.8) is 0 Å². The standard InChI is InChI=1S/C12H16N4S/c1-9-6-11(4-5-13-9)7-16(3)8-12-15-14-10(2)17-12/h4-6H,7-8H2,1-3H3. The minimum atomic E-state index is 0.840. The molecule has 0 aliphatic carbocycles. The largest absolute Gasteiger partial charge is 0.295 e. The van der Waals surface area contributed by atoms with Crippen LogP contribution in [0.3, 0.4) is 0 Å². The van der Waals surface area contributed by atoms with Crippen molar-refractivity contribution in [2.24, 2.45) is 0 Å². The molecule has 4 nitrogen and oxygen atoms in total. The number of rotatable bonds is 4. The van der Waals surface area contributed by atoms with Gasteiger partial charge in [-0.2, -0.15) is 0 Å². The van der Waals surface area contributed by atoms with Crippen LogP contribution in [-0.2, 0) is 13.1 Å². The normalized spacial score (nSPS) is 11.1. The van der Waals surface area contributed by atoms with Crippen molar-refractivity contribution in [3.05, 3.63) is 39.6 Å². The van der Waals surface area contributed by atoms with Crippen molar-refractivity contribution >= 4 is 11.3 Å². The summed E-state index contributed by atoms with van der Waals surface area (Å²) in [5, 5.41) is 10.2. The third kappa shape index (κ3) is 3.57. The molecule has 2 heterocycles. The molecule has 0 aliphatic rings. The van der Waals surface area contributed by atoms with E-state index in [1.165, 1.54) is 5.56 Å². The maximum absolute atomic E-state index is 4.20. The summed E-state index contributed by atoms with van der Waals surface area (Å²) >= 11 is 1.65. The van der Waals surface area contributed by atoms with Gasteiger partial charge in [-0.05, 0) is 38.6 Å². The summed E-state index contributed by atoms with van der Waals surface area (Å²) in [6, 6.07) is 4.16. The fourth-order valence-corrected chi connectivity index (χ4v) is 2.49. The molecule has 2 aromatic heterocycles. The lowest BCUT2D eigenvalue weighted by Crippen LogP contribution is -2.17. The van der Waals surface area contributed by atoms with Gasteiger partial charge in [0.05, 0.1) is 6.54 Å². The van der Waals surface area contributed by atoms with Crippen molar-refractivity contribution < 1.29 is 0 Å². The Morgan fingerprint density at radius 3 is 2.71 bits per heavy atom. The summed E-state index contributed by atoms with van der Waals surface area (Å²) in [6.45, 7) is 5.74. The molecule has 0 spiro atoms. The minimum absolute atomic E-state index is 0.840. The number of nitrogens with zero attached hydrogens (tertiary/aromatic N) is 4. The van der Waals surface area contributed by atoms with Gasteiger partial charge in [0, 0.05) is 18.4 Å². The predicted octanol–water partition coefficient (Wildman–Crippen LogP) is 2.18. The van der Waals surface area contributed by atoms with Gasteiger partial charge < -0.3 is 0 Å². The zero-order chi connectivity index (χ0) is 12.3. The average molecular weight is 248 g/mol. The minimum Gasteiger partial charge on any atom is -0.295 e. The van der Waals surface area contributed by atoms with E-state index in [4.69, 9.17) is 0 Å². The van der Waals surface area contributed by atoms with Gasteiger partial charge in [-0.25, -0.2) is 0 Å². The summed E-state index contributed by atoms with van der Waals surface area (Å²) < 4.78 is 0. The number of hydrogen-bond acceptors (Lipinski definition) is 5. The van der Waals surface area contributed by atoms with Crippen LogP contribution in [0.15, 0.2) is 18.3 Å². The lowest BCUT2D eigenvalue weighted by molar-refractivity contribution is 0.317. The van der Waals surface area contributed by atoms with E-state index in [-0.39, 0.29) is 0 Å². The number of hydrogen-bond donors (Lipinski definition) is 0. The molecule has 5 heteroatoms. The summed E-state index contributed by atoms with van der Waals surface area (Å²) in [5.74, 6) is 0. The van der Waals surface area contributed by atoms with Crippen LogP contribution in [0.4, 0.5) is 0 Å². The van der Waals surface area contributed by atoms with Gasteiger partial charge in [0.1, 0.15) is 10.0 Å². The van der Waals surface area contributed by atoms with Crippen LogP contribution in [0.2, 0.25) is 0 Å².